The lowest BCUT2D eigenvalue weighted by Gasteiger charge is -2.25. The topological polar surface area (TPSA) is 76.1 Å². The van der Waals surface area contributed by atoms with Gasteiger partial charge < -0.3 is 19.5 Å². The summed E-state index contributed by atoms with van der Waals surface area (Å²) in [6.45, 7) is 5.24. The van der Waals surface area contributed by atoms with Crippen molar-refractivity contribution < 1.29 is 24.2 Å². The Bertz CT molecular complexity index is 1260. The average Bonchev–Trinajstić information content (AvgIpc) is 3.13. The molecule has 36 heavy (non-hydrogen) atoms. The molecule has 6 heteroatoms. The Morgan fingerprint density at radius 2 is 1.67 bits per heavy atom. The Morgan fingerprint density at radius 3 is 2.33 bits per heavy atom. The van der Waals surface area contributed by atoms with Gasteiger partial charge in [0.05, 0.1) is 11.6 Å². The first-order valence-electron chi connectivity index (χ1n) is 12.0. The number of nitrogens with zero attached hydrogens (tertiary/aromatic N) is 1. The van der Waals surface area contributed by atoms with Crippen LogP contribution in [0.5, 0.6) is 5.75 Å². The standard InChI is InChI=1S/C30H31NO5/c1-20-8-10-23(11-9-20)27-26(29(33)30(34)31(27)16-5-17-35-3)28(32)24-12-14-25(15-13-24)36-19-22-7-4-6-21(2)18-22/h4,6-15,18,27,32H,5,16-17,19H2,1-3H3/b28-26+/t27-/m1/s1. The highest BCUT2D eigenvalue weighted by atomic mass is 16.5. The van der Waals surface area contributed by atoms with Crippen molar-refractivity contribution in [2.45, 2.75) is 32.9 Å². The number of rotatable bonds is 9. The molecular weight excluding hydrogens is 454 g/mol. The van der Waals surface area contributed by atoms with Crippen LogP contribution in [-0.4, -0.2) is 42.0 Å². The summed E-state index contributed by atoms with van der Waals surface area (Å²) >= 11 is 0. The molecule has 0 spiro atoms. The summed E-state index contributed by atoms with van der Waals surface area (Å²) in [5.41, 5.74) is 4.61. The van der Waals surface area contributed by atoms with E-state index < -0.39 is 17.7 Å². The summed E-state index contributed by atoms with van der Waals surface area (Å²) < 4.78 is 11.0. The van der Waals surface area contributed by atoms with E-state index in [0.29, 0.717) is 37.5 Å². The first-order valence-corrected chi connectivity index (χ1v) is 12.0. The third kappa shape index (κ3) is 5.50. The Labute approximate surface area is 211 Å². The molecule has 0 radical (unpaired) electrons. The first kappa shape index (κ1) is 25.2. The normalized spacial score (nSPS) is 17.0. The monoisotopic (exact) mass is 485 g/mol. The molecule has 0 saturated carbocycles. The number of aliphatic hydroxyl groups is 1. The molecule has 1 heterocycles. The summed E-state index contributed by atoms with van der Waals surface area (Å²) in [5, 5.41) is 11.2. The Hall–Kier alpha value is -3.90. The van der Waals surface area contributed by atoms with Gasteiger partial charge in [-0.1, -0.05) is 59.7 Å². The Kier molecular flexibility index (Phi) is 7.86. The second-order valence-corrected chi connectivity index (χ2v) is 9.05. The zero-order chi connectivity index (χ0) is 25.7. The smallest absolute Gasteiger partial charge is 0.295 e. The van der Waals surface area contributed by atoms with E-state index in [1.54, 1.807) is 31.4 Å². The van der Waals surface area contributed by atoms with Crippen molar-refractivity contribution in [3.05, 3.63) is 106 Å². The van der Waals surface area contributed by atoms with E-state index in [4.69, 9.17) is 9.47 Å². The van der Waals surface area contributed by atoms with E-state index in [2.05, 4.69) is 6.07 Å². The number of carbonyl (C=O) groups excluding carboxylic acids is 2. The maximum atomic E-state index is 13.1. The number of likely N-dealkylation sites (tertiary alicyclic amines) is 1. The van der Waals surface area contributed by atoms with Crippen LogP contribution in [0.1, 0.15) is 40.3 Å². The van der Waals surface area contributed by atoms with Crippen molar-refractivity contribution in [1.82, 2.24) is 4.90 Å². The minimum absolute atomic E-state index is 0.0923. The zero-order valence-electron chi connectivity index (χ0n) is 20.9. The van der Waals surface area contributed by atoms with Gasteiger partial charge in [-0.3, -0.25) is 9.59 Å². The van der Waals surface area contributed by atoms with E-state index in [-0.39, 0.29) is 11.3 Å². The lowest BCUT2D eigenvalue weighted by molar-refractivity contribution is -0.140. The molecule has 6 nitrogen and oxygen atoms in total. The average molecular weight is 486 g/mol. The quantitative estimate of drug-likeness (QED) is 0.192. The second kappa shape index (κ2) is 11.2. The maximum Gasteiger partial charge on any atom is 0.295 e. The minimum atomic E-state index is -0.685. The van der Waals surface area contributed by atoms with E-state index in [0.717, 1.165) is 22.3 Å². The molecule has 186 valence electrons. The van der Waals surface area contributed by atoms with Crippen molar-refractivity contribution in [3.63, 3.8) is 0 Å². The molecule has 0 aliphatic carbocycles. The molecule has 1 atom stereocenters. The molecule has 1 aliphatic heterocycles. The van der Waals surface area contributed by atoms with E-state index >= 15 is 0 Å². The highest BCUT2D eigenvalue weighted by Gasteiger charge is 2.45. The lowest BCUT2D eigenvalue weighted by atomic mass is 9.94. The number of Topliss-reactive ketones (excluding diaryl/α,β-unsaturated/α-hetero) is 1. The fourth-order valence-corrected chi connectivity index (χ4v) is 4.42. The highest BCUT2D eigenvalue weighted by Crippen LogP contribution is 2.39. The summed E-state index contributed by atoms with van der Waals surface area (Å²) in [6, 6.07) is 22.0. The van der Waals surface area contributed by atoms with Gasteiger partial charge in [0.15, 0.2) is 0 Å². The van der Waals surface area contributed by atoms with E-state index in [1.807, 2.05) is 56.3 Å². The van der Waals surface area contributed by atoms with Crippen LogP contribution in [0.25, 0.3) is 5.76 Å². The summed E-state index contributed by atoms with van der Waals surface area (Å²) in [7, 11) is 1.60. The van der Waals surface area contributed by atoms with Crippen LogP contribution in [0, 0.1) is 13.8 Å². The SMILES string of the molecule is COCCCN1C(=O)C(=O)/C(=C(/O)c2ccc(OCc3cccc(C)c3)cc2)[C@H]1c1ccc(C)cc1. The molecule has 1 saturated heterocycles. The van der Waals surface area contributed by atoms with Gasteiger partial charge in [-0.25, -0.2) is 0 Å². The van der Waals surface area contributed by atoms with Gasteiger partial charge in [-0.15, -0.1) is 0 Å². The number of benzene rings is 3. The lowest BCUT2D eigenvalue weighted by Crippen LogP contribution is -2.31. The predicted molar refractivity (Wildman–Crippen MR) is 139 cm³/mol. The molecule has 3 aromatic rings. The fourth-order valence-electron chi connectivity index (χ4n) is 4.42. The molecule has 0 unspecified atom stereocenters. The van der Waals surface area contributed by atoms with Gasteiger partial charge in [-0.05, 0) is 55.7 Å². The van der Waals surface area contributed by atoms with Crippen LogP contribution < -0.4 is 4.74 Å². The van der Waals surface area contributed by atoms with Gasteiger partial charge in [0.2, 0.25) is 0 Å². The third-order valence-corrected chi connectivity index (χ3v) is 6.30. The van der Waals surface area contributed by atoms with Crippen molar-refractivity contribution >= 4 is 17.4 Å². The van der Waals surface area contributed by atoms with Crippen molar-refractivity contribution in [3.8, 4) is 5.75 Å². The van der Waals surface area contributed by atoms with Crippen LogP contribution in [0.2, 0.25) is 0 Å². The fraction of sp³-hybridized carbons (Fsp3) is 0.267. The maximum absolute atomic E-state index is 13.1. The van der Waals surface area contributed by atoms with Crippen molar-refractivity contribution in [1.29, 1.82) is 0 Å². The summed E-state index contributed by atoms with van der Waals surface area (Å²) in [6.07, 6.45) is 0.582. The molecular formula is C30H31NO5. The number of amides is 1. The predicted octanol–water partition coefficient (Wildman–Crippen LogP) is 5.34. The Balaban J connectivity index is 1.62. The van der Waals surface area contributed by atoms with Crippen LogP contribution >= 0.6 is 0 Å². The van der Waals surface area contributed by atoms with Gasteiger partial charge >= 0.3 is 0 Å². The second-order valence-electron chi connectivity index (χ2n) is 9.05. The first-order chi connectivity index (χ1) is 17.4. The van der Waals surface area contributed by atoms with Crippen molar-refractivity contribution in [2.24, 2.45) is 0 Å². The Morgan fingerprint density at radius 1 is 0.944 bits per heavy atom. The minimum Gasteiger partial charge on any atom is -0.507 e. The van der Waals surface area contributed by atoms with E-state index in [1.165, 1.54) is 4.90 Å². The largest absolute Gasteiger partial charge is 0.507 e. The van der Waals surface area contributed by atoms with Crippen molar-refractivity contribution in [2.75, 3.05) is 20.3 Å². The van der Waals surface area contributed by atoms with Gasteiger partial charge in [0.25, 0.3) is 11.7 Å². The molecule has 1 aliphatic rings. The van der Waals surface area contributed by atoms with E-state index in [9.17, 15) is 14.7 Å². The highest BCUT2D eigenvalue weighted by molar-refractivity contribution is 6.46. The number of carbonyl (C=O) groups is 2. The van der Waals surface area contributed by atoms with Gasteiger partial charge in [0.1, 0.15) is 18.1 Å². The number of hydrogen-bond donors (Lipinski definition) is 1. The third-order valence-electron chi connectivity index (χ3n) is 6.30. The molecule has 4 rings (SSSR count). The number of ketones is 1. The number of aliphatic hydroxyl groups excluding tert-OH is 1. The molecule has 1 fully saturated rings. The summed E-state index contributed by atoms with van der Waals surface area (Å²) in [5.74, 6) is -0.854. The number of methoxy groups -OCH3 is 1. The molecule has 3 aromatic carbocycles. The number of ether oxygens (including phenoxy) is 2. The number of hydrogen-bond acceptors (Lipinski definition) is 5. The van der Waals surface area contributed by atoms with Crippen LogP contribution in [-0.2, 0) is 20.9 Å². The van der Waals surface area contributed by atoms with Gasteiger partial charge in [0, 0.05) is 25.8 Å². The molecule has 0 bridgehead atoms. The van der Waals surface area contributed by atoms with Gasteiger partial charge in [-0.2, -0.15) is 0 Å². The van der Waals surface area contributed by atoms with Crippen LogP contribution in [0.15, 0.2) is 78.4 Å². The van der Waals surface area contributed by atoms with Crippen LogP contribution in [0.3, 0.4) is 0 Å². The molecule has 1 N–H and O–H groups in total. The zero-order valence-corrected chi connectivity index (χ0v) is 20.9. The summed E-state index contributed by atoms with van der Waals surface area (Å²) in [4.78, 5) is 27.6. The molecule has 0 aromatic heterocycles. The number of aryl methyl sites for hydroxylation is 2. The molecule has 1 amide bonds. The van der Waals surface area contributed by atoms with Crippen LogP contribution in [0.4, 0.5) is 0 Å².